The maximum absolute atomic E-state index is 13.4. The standard InChI is InChI=1S/C26H20N4O3/c31-23(28-21-10-5-9-20-18(21)12-14-27-20)13-15-29-24-16-6-1-2-7-17(16)26(33)30(24)22-11-4-3-8-19(22)25(29)32/h1-12,14,24,27H,13,15H2,(H,28,31). The van der Waals surface area contributed by atoms with E-state index in [1.807, 2.05) is 54.7 Å². The molecule has 0 saturated heterocycles. The summed E-state index contributed by atoms with van der Waals surface area (Å²) in [4.78, 5) is 45.9. The second-order valence-corrected chi connectivity index (χ2v) is 8.19. The van der Waals surface area contributed by atoms with Gasteiger partial charge in [0.25, 0.3) is 11.8 Å². The molecule has 0 radical (unpaired) electrons. The lowest BCUT2D eigenvalue weighted by atomic mass is 10.0. The Balaban J connectivity index is 1.30. The first-order chi connectivity index (χ1) is 16.1. The van der Waals surface area contributed by atoms with Gasteiger partial charge in [0.15, 0.2) is 0 Å². The van der Waals surface area contributed by atoms with Crippen molar-refractivity contribution in [2.75, 3.05) is 16.8 Å². The summed E-state index contributed by atoms with van der Waals surface area (Å²) in [6, 6.07) is 22.1. The second-order valence-electron chi connectivity index (χ2n) is 8.19. The summed E-state index contributed by atoms with van der Waals surface area (Å²) in [6.07, 6.45) is 1.37. The highest BCUT2D eigenvalue weighted by Gasteiger charge is 2.47. The number of benzene rings is 3. The minimum atomic E-state index is -0.558. The molecule has 3 heterocycles. The highest BCUT2D eigenvalue weighted by atomic mass is 16.2. The number of nitrogens with one attached hydrogen (secondary N) is 2. The first-order valence-corrected chi connectivity index (χ1v) is 10.8. The summed E-state index contributed by atoms with van der Waals surface area (Å²) in [6.45, 7) is 0.185. The van der Waals surface area contributed by atoms with Crippen molar-refractivity contribution in [3.63, 3.8) is 0 Å². The molecule has 0 spiro atoms. The molecule has 33 heavy (non-hydrogen) atoms. The Morgan fingerprint density at radius 1 is 0.879 bits per heavy atom. The molecule has 0 bridgehead atoms. The maximum atomic E-state index is 13.4. The quantitative estimate of drug-likeness (QED) is 0.500. The van der Waals surface area contributed by atoms with E-state index in [9.17, 15) is 14.4 Å². The summed E-state index contributed by atoms with van der Waals surface area (Å²) in [5.41, 5.74) is 4.09. The van der Waals surface area contributed by atoms with E-state index in [2.05, 4.69) is 10.3 Å². The number of para-hydroxylation sites is 1. The Morgan fingerprint density at radius 3 is 2.55 bits per heavy atom. The molecule has 1 unspecified atom stereocenters. The lowest BCUT2D eigenvalue weighted by Gasteiger charge is -2.40. The van der Waals surface area contributed by atoms with Crippen molar-refractivity contribution in [3.05, 3.63) is 95.7 Å². The van der Waals surface area contributed by atoms with Gasteiger partial charge in [-0.15, -0.1) is 0 Å². The van der Waals surface area contributed by atoms with Gasteiger partial charge in [-0.3, -0.25) is 19.3 Å². The molecule has 1 atom stereocenters. The van der Waals surface area contributed by atoms with Crippen LogP contribution in [0.3, 0.4) is 0 Å². The molecule has 3 aromatic carbocycles. The first kappa shape index (κ1) is 19.3. The topological polar surface area (TPSA) is 85.5 Å². The number of amides is 3. The fraction of sp³-hybridized carbons (Fsp3) is 0.115. The highest BCUT2D eigenvalue weighted by Crippen LogP contribution is 2.45. The van der Waals surface area contributed by atoms with Gasteiger partial charge >= 0.3 is 0 Å². The van der Waals surface area contributed by atoms with E-state index >= 15 is 0 Å². The molecule has 0 aliphatic carbocycles. The van der Waals surface area contributed by atoms with Crippen LogP contribution < -0.4 is 10.2 Å². The van der Waals surface area contributed by atoms with E-state index in [0.29, 0.717) is 16.8 Å². The van der Waals surface area contributed by atoms with Gasteiger partial charge in [0.05, 0.1) is 16.9 Å². The number of anilines is 2. The van der Waals surface area contributed by atoms with Gasteiger partial charge in [-0.25, -0.2) is 0 Å². The number of aromatic nitrogens is 1. The van der Waals surface area contributed by atoms with E-state index in [0.717, 1.165) is 22.2 Å². The third-order valence-electron chi connectivity index (χ3n) is 6.33. The lowest BCUT2D eigenvalue weighted by molar-refractivity contribution is -0.116. The Bertz CT molecular complexity index is 1440. The molecule has 4 aromatic rings. The number of carbonyl (C=O) groups is 3. The first-order valence-electron chi connectivity index (χ1n) is 10.8. The maximum Gasteiger partial charge on any atom is 0.260 e. The van der Waals surface area contributed by atoms with E-state index in [1.54, 1.807) is 34.1 Å². The average Bonchev–Trinajstić information content (AvgIpc) is 3.43. The van der Waals surface area contributed by atoms with Gasteiger partial charge in [0, 0.05) is 41.2 Å². The molecule has 2 aliphatic heterocycles. The third kappa shape index (κ3) is 2.93. The molecule has 1 aromatic heterocycles. The number of carbonyl (C=O) groups excluding carboxylic acids is 3. The fourth-order valence-electron chi connectivity index (χ4n) is 4.83. The van der Waals surface area contributed by atoms with Crippen LogP contribution in [0.2, 0.25) is 0 Å². The molecule has 162 valence electrons. The molecule has 0 saturated carbocycles. The molecular weight excluding hydrogens is 416 g/mol. The molecule has 7 nitrogen and oxygen atoms in total. The van der Waals surface area contributed by atoms with Crippen molar-refractivity contribution >= 4 is 40.0 Å². The van der Waals surface area contributed by atoms with Crippen LogP contribution in [0.25, 0.3) is 10.9 Å². The minimum absolute atomic E-state index is 0.107. The van der Waals surface area contributed by atoms with Crippen LogP contribution in [-0.2, 0) is 4.79 Å². The number of H-pyrrole nitrogens is 1. The predicted octanol–water partition coefficient (Wildman–Crippen LogP) is 4.31. The van der Waals surface area contributed by atoms with Crippen LogP contribution in [0.1, 0.15) is 38.9 Å². The Morgan fingerprint density at radius 2 is 1.67 bits per heavy atom. The molecular formula is C26H20N4O3. The summed E-state index contributed by atoms with van der Waals surface area (Å²) in [7, 11) is 0. The molecule has 7 heteroatoms. The Kier molecular flexibility index (Phi) is 4.29. The van der Waals surface area contributed by atoms with Crippen molar-refractivity contribution in [2.45, 2.75) is 12.6 Å². The number of nitrogens with zero attached hydrogens (tertiary/aromatic N) is 2. The zero-order chi connectivity index (χ0) is 22.5. The van der Waals surface area contributed by atoms with Crippen molar-refractivity contribution in [2.24, 2.45) is 0 Å². The largest absolute Gasteiger partial charge is 0.361 e. The molecule has 2 N–H and O–H groups in total. The Labute approximate surface area is 189 Å². The van der Waals surface area contributed by atoms with Crippen molar-refractivity contribution in [1.82, 2.24) is 9.88 Å². The van der Waals surface area contributed by atoms with Crippen LogP contribution in [-0.4, -0.2) is 34.2 Å². The van der Waals surface area contributed by atoms with Gasteiger partial charge in [-0.2, -0.15) is 0 Å². The van der Waals surface area contributed by atoms with Crippen LogP contribution in [0.15, 0.2) is 79.0 Å². The van der Waals surface area contributed by atoms with Gasteiger partial charge < -0.3 is 15.2 Å². The average molecular weight is 436 g/mol. The minimum Gasteiger partial charge on any atom is -0.361 e. The number of rotatable bonds is 4. The van der Waals surface area contributed by atoms with Gasteiger partial charge in [0.2, 0.25) is 5.91 Å². The van der Waals surface area contributed by atoms with E-state index < -0.39 is 6.17 Å². The Hall–Kier alpha value is -4.39. The van der Waals surface area contributed by atoms with Crippen LogP contribution in [0, 0.1) is 0 Å². The smallest absolute Gasteiger partial charge is 0.260 e. The number of aromatic amines is 1. The van der Waals surface area contributed by atoms with Gasteiger partial charge in [-0.1, -0.05) is 36.4 Å². The zero-order valence-electron chi connectivity index (χ0n) is 17.6. The zero-order valence-corrected chi connectivity index (χ0v) is 17.6. The SMILES string of the molecule is O=C(CCN1C(=O)c2ccccc2N2C(=O)c3ccccc3C12)Nc1cccc2[nH]ccc12. The fourth-order valence-corrected chi connectivity index (χ4v) is 4.83. The van der Waals surface area contributed by atoms with E-state index in [1.165, 1.54) is 0 Å². The van der Waals surface area contributed by atoms with Crippen LogP contribution in [0.5, 0.6) is 0 Å². The van der Waals surface area contributed by atoms with Crippen LogP contribution in [0.4, 0.5) is 11.4 Å². The summed E-state index contributed by atoms with van der Waals surface area (Å²) >= 11 is 0. The van der Waals surface area contributed by atoms with E-state index in [4.69, 9.17) is 0 Å². The monoisotopic (exact) mass is 436 g/mol. The molecule has 2 aliphatic rings. The summed E-state index contributed by atoms with van der Waals surface area (Å²) < 4.78 is 0. The number of hydrogen-bond donors (Lipinski definition) is 2. The summed E-state index contributed by atoms with van der Waals surface area (Å²) in [5.74, 6) is -0.513. The highest BCUT2D eigenvalue weighted by molar-refractivity contribution is 6.16. The summed E-state index contributed by atoms with van der Waals surface area (Å²) in [5, 5.41) is 3.88. The lowest BCUT2D eigenvalue weighted by Crippen LogP contribution is -2.49. The van der Waals surface area contributed by atoms with Gasteiger partial charge in [-0.05, 0) is 36.4 Å². The number of fused-ring (bicyclic) bond motifs is 6. The number of hydrogen-bond acceptors (Lipinski definition) is 3. The van der Waals surface area contributed by atoms with Crippen LogP contribution >= 0.6 is 0 Å². The van der Waals surface area contributed by atoms with Crippen molar-refractivity contribution in [1.29, 1.82) is 0 Å². The molecule has 3 amide bonds. The predicted molar refractivity (Wildman–Crippen MR) is 125 cm³/mol. The van der Waals surface area contributed by atoms with Crippen molar-refractivity contribution in [3.8, 4) is 0 Å². The van der Waals surface area contributed by atoms with Crippen molar-refractivity contribution < 1.29 is 14.4 Å². The molecule has 6 rings (SSSR count). The third-order valence-corrected chi connectivity index (χ3v) is 6.33. The van der Waals surface area contributed by atoms with Gasteiger partial charge in [0.1, 0.15) is 6.17 Å². The molecule has 0 fully saturated rings. The normalized spacial score (nSPS) is 16.5. The van der Waals surface area contributed by atoms with E-state index in [-0.39, 0.29) is 30.7 Å². The second kappa shape index (κ2) is 7.34.